The highest BCUT2D eigenvalue weighted by Crippen LogP contribution is 2.38. The molecule has 0 saturated carbocycles. The summed E-state index contributed by atoms with van der Waals surface area (Å²) in [6, 6.07) is 3.58. The van der Waals surface area contributed by atoms with Gasteiger partial charge < -0.3 is 10.4 Å². The van der Waals surface area contributed by atoms with E-state index in [1.165, 1.54) is 0 Å². The van der Waals surface area contributed by atoms with Crippen LogP contribution < -0.4 is 5.32 Å². The van der Waals surface area contributed by atoms with E-state index in [0.29, 0.717) is 6.07 Å². The number of fused-ring (bicyclic) bond motifs is 1. The second kappa shape index (κ2) is 6.26. The van der Waals surface area contributed by atoms with Gasteiger partial charge in [-0.3, -0.25) is 13.9 Å². The summed E-state index contributed by atoms with van der Waals surface area (Å²) >= 11 is 0. The van der Waals surface area contributed by atoms with Crippen molar-refractivity contribution in [1.82, 2.24) is 0 Å². The normalized spacial score (nSPS) is 12.5. The standard InChI is InChI=1S/C14H15NO8S2/c1-7(2)14(17)15-10-3-4-12(25(21,22)23)9-5-8(24(18,19)20)6-11(16)13(9)10/h3-7,16H,1-2H3,(H,15,17)(H,18,19,20)(H,21,22,23). The predicted molar refractivity (Wildman–Crippen MR) is 88.7 cm³/mol. The Balaban J connectivity index is 2.91. The summed E-state index contributed by atoms with van der Waals surface area (Å²) < 4.78 is 64.1. The van der Waals surface area contributed by atoms with Gasteiger partial charge in [0, 0.05) is 22.8 Å². The molecule has 1 amide bonds. The van der Waals surface area contributed by atoms with Gasteiger partial charge in [0.1, 0.15) is 10.6 Å². The van der Waals surface area contributed by atoms with Crippen LogP contribution in [-0.4, -0.2) is 37.0 Å². The van der Waals surface area contributed by atoms with Gasteiger partial charge >= 0.3 is 0 Å². The Kier molecular flexibility index (Phi) is 4.79. The Morgan fingerprint density at radius 1 is 1.04 bits per heavy atom. The third-order valence-electron chi connectivity index (χ3n) is 3.39. The fourth-order valence-electron chi connectivity index (χ4n) is 2.17. The molecule has 2 aromatic carbocycles. The Labute approximate surface area is 143 Å². The van der Waals surface area contributed by atoms with E-state index in [-0.39, 0.29) is 16.5 Å². The summed E-state index contributed by atoms with van der Waals surface area (Å²) in [7, 11) is -9.52. The van der Waals surface area contributed by atoms with Crippen LogP contribution in [0.2, 0.25) is 0 Å². The molecule has 11 heteroatoms. The SMILES string of the molecule is CC(C)C(=O)Nc1ccc(S(=O)(=O)O)c2cc(S(=O)(=O)O)cc(O)c12. The van der Waals surface area contributed by atoms with Crippen LogP contribution in [0.4, 0.5) is 5.69 Å². The Morgan fingerprint density at radius 3 is 2.12 bits per heavy atom. The van der Waals surface area contributed by atoms with Crippen molar-refractivity contribution in [3.63, 3.8) is 0 Å². The third-order valence-corrected chi connectivity index (χ3v) is 5.13. The minimum Gasteiger partial charge on any atom is -0.507 e. The third kappa shape index (κ3) is 3.90. The molecular weight excluding hydrogens is 374 g/mol. The molecule has 0 unspecified atom stereocenters. The van der Waals surface area contributed by atoms with Crippen LogP contribution in [0, 0.1) is 5.92 Å². The molecule has 9 nitrogen and oxygen atoms in total. The van der Waals surface area contributed by atoms with Crippen LogP contribution in [-0.2, 0) is 25.0 Å². The van der Waals surface area contributed by atoms with Gasteiger partial charge in [-0.15, -0.1) is 0 Å². The highest BCUT2D eigenvalue weighted by molar-refractivity contribution is 7.86. The van der Waals surface area contributed by atoms with Crippen LogP contribution in [0.1, 0.15) is 13.8 Å². The van der Waals surface area contributed by atoms with E-state index in [1.54, 1.807) is 13.8 Å². The molecule has 0 heterocycles. The van der Waals surface area contributed by atoms with Crippen molar-refractivity contribution in [1.29, 1.82) is 0 Å². The lowest BCUT2D eigenvalue weighted by molar-refractivity contribution is -0.118. The van der Waals surface area contributed by atoms with E-state index in [9.17, 15) is 31.3 Å². The number of hydrogen-bond donors (Lipinski definition) is 4. The molecular formula is C14H15NO8S2. The molecule has 0 spiro atoms. The fraction of sp³-hybridized carbons (Fsp3) is 0.214. The number of rotatable bonds is 4. The summed E-state index contributed by atoms with van der Waals surface area (Å²) in [5, 5.41) is 12.0. The van der Waals surface area contributed by atoms with E-state index in [2.05, 4.69) is 5.32 Å². The Hall–Kier alpha value is -2.21. The van der Waals surface area contributed by atoms with Crippen molar-refractivity contribution in [2.45, 2.75) is 23.6 Å². The Morgan fingerprint density at radius 2 is 1.64 bits per heavy atom. The maximum atomic E-state index is 11.9. The minimum atomic E-state index is -4.77. The molecule has 136 valence electrons. The van der Waals surface area contributed by atoms with Crippen molar-refractivity contribution < 1.29 is 35.8 Å². The molecule has 0 aliphatic rings. The van der Waals surface area contributed by atoms with Gasteiger partial charge in [0.05, 0.1) is 10.6 Å². The second-order valence-corrected chi connectivity index (χ2v) is 8.38. The first-order valence-corrected chi connectivity index (χ1v) is 9.76. The van der Waals surface area contributed by atoms with Crippen LogP contribution in [0.15, 0.2) is 34.1 Å². The van der Waals surface area contributed by atoms with Crippen LogP contribution in [0.25, 0.3) is 10.8 Å². The molecule has 2 rings (SSSR count). The van der Waals surface area contributed by atoms with Crippen LogP contribution in [0.5, 0.6) is 5.75 Å². The van der Waals surface area contributed by atoms with Crippen molar-refractivity contribution in [3.8, 4) is 5.75 Å². The second-order valence-electron chi connectivity index (χ2n) is 5.57. The molecule has 2 aromatic rings. The lowest BCUT2D eigenvalue weighted by atomic mass is 10.1. The monoisotopic (exact) mass is 389 g/mol. The molecule has 0 aliphatic carbocycles. The average Bonchev–Trinajstić information content (AvgIpc) is 2.44. The van der Waals surface area contributed by atoms with E-state index >= 15 is 0 Å². The summed E-state index contributed by atoms with van der Waals surface area (Å²) in [5.74, 6) is -1.55. The quantitative estimate of drug-likeness (QED) is 0.574. The average molecular weight is 389 g/mol. The molecule has 4 N–H and O–H groups in total. The molecule has 0 radical (unpaired) electrons. The largest absolute Gasteiger partial charge is 0.507 e. The number of amides is 1. The van der Waals surface area contributed by atoms with E-state index in [4.69, 9.17) is 4.55 Å². The van der Waals surface area contributed by atoms with E-state index in [1.807, 2.05) is 0 Å². The molecule has 0 aliphatic heterocycles. The topological polar surface area (TPSA) is 158 Å². The predicted octanol–water partition coefficient (Wildman–Crippen LogP) is 1.63. The Bertz CT molecular complexity index is 1070. The maximum absolute atomic E-state index is 11.9. The number of nitrogens with one attached hydrogen (secondary N) is 1. The fourth-order valence-corrected chi connectivity index (χ4v) is 3.37. The summed E-state index contributed by atoms with van der Waals surface area (Å²) in [6.45, 7) is 3.22. The molecule has 0 atom stereocenters. The number of hydrogen-bond acceptors (Lipinski definition) is 6. The van der Waals surface area contributed by atoms with E-state index in [0.717, 1.165) is 18.2 Å². The molecule has 25 heavy (non-hydrogen) atoms. The number of phenols is 1. The molecule has 0 bridgehead atoms. The first-order valence-electron chi connectivity index (χ1n) is 6.88. The van der Waals surface area contributed by atoms with Gasteiger partial charge in [0.15, 0.2) is 0 Å². The number of phenolic OH excluding ortho intramolecular Hbond substituents is 1. The smallest absolute Gasteiger partial charge is 0.295 e. The highest BCUT2D eigenvalue weighted by atomic mass is 32.2. The zero-order valence-corrected chi connectivity index (χ0v) is 14.7. The van der Waals surface area contributed by atoms with Crippen molar-refractivity contribution in [3.05, 3.63) is 24.3 Å². The first-order chi connectivity index (χ1) is 11.3. The van der Waals surface area contributed by atoms with Crippen molar-refractivity contribution >= 4 is 42.6 Å². The van der Waals surface area contributed by atoms with Crippen molar-refractivity contribution in [2.75, 3.05) is 5.32 Å². The van der Waals surface area contributed by atoms with E-state index < -0.39 is 47.6 Å². The number of carbonyl (C=O) groups excluding carboxylic acids is 1. The van der Waals surface area contributed by atoms with Gasteiger partial charge in [-0.2, -0.15) is 16.8 Å². The minimum absolute atomic E-state index is 0.0143. The number of carbonyl (C=O) groups is 1. The van der Waals surface area contributed by atoms with Crippen molar-refractivity contribution in [2.24, 2.45) is 5.92 Å². The molecule has 0 fully saturated rings. The summed E-state index contributed by atoms with van der Waals surface area (Å²) in [4.78, 5) is 10.4. The number of anilines is 1. The zero-order valence-electron chi connectivity index (χ0n) is 13.1. The van der Waals surface area contributed by atoms with Gasteiger partial charge in [-0.05, 0) is 18.2 Å². The van der Waals surface area contributed by atoms with Crippen LogP contribution in [0.3, 0.4) is 0 Å². The number of benzene rings is 2. The summed E-state index contributed by atoms with van der Waals surface area (Å²) in [5.41, 5.74) is 0.0143. The van der Waals surface area contributed by atoms with Gasteiger partial charge in [-0.1, -0.05) is 13.8 Å². The lowest BCUT2D eigenvalue weighted by Gasteiger charge is -2.14. The molecule has 0 saturated heterocycles. The number of aromatic hydroxyl groups is 1. The highest BCUT2D eigenvalue weighted by Gasteiger charge is 2.23. The van der Waals surface area contributed by atoms with Crippen LogP contribution >= 0.6 is 0 Å². The van der Waals surface area contributed by atoms with Gasteiger partial charge in [0.2, 0.25) is 5.91 Å². The lowest BCUT2D eigenvalue weighted by Crippen LogP contribution is -2.18. The first kappa shape index (κ1) is 19.1. The summed E-state index contributed by atoms with van der Waals surface area (Å²) in [6.07, 6.45) is 0. The zero-order chi connectivity index (χ0) is 19.2. The van der Waals surface area contributed by atoms with Gasteiger partial charge in [0.25, 0.3) is 20.2 Å². The molecule has 0 aromatic heterocycles. The maximum Gasteiger partial charge on any atom is 0.295 e. The van der Waals surface area contributed by atoms with Gasteiger partial charge in [-0.25, -0.2) is 0 Å².